The Balaban J connectivity index is 1.31. The van der Waals surface area contributed by atoms with E-state index >= 15 is 0 Å². The van der Waals surface area contributed by atoms with E-state index in [1.807, 2.05) is 0 Å². The van der Waals surface area contributed by atoms with Crippen LogP contribution in [0.4, 0.5) is 11.4 Å². The molecule has 9 nitrogen and oxygen atoms in total. The first-order chi connectivity index (χ1) is 14.5. The maximum atomic E-state index is 12.5. The molecule has 0 unspecified atom stereocenters. The van der Waals surface area contributed by atoms with Gasteiger partial charge in [0.05, 0.1) is 4.92 Å². The fourth-order valence-electron chi connectivity index (χ4n) is 3.37. The molecule has 0 atom stereocenters. The van der Waals surface area contributed by atoms with E-state index in [9.17, 15) is 19.7 Å². The van der Waals surface area contributed by atoms with Crippen LogP contribution in [0.5, 0.6) is 5.75 Å². The van der Waals surface area contributed by atoms with Gasteiger partial charge in [-0.2, -0.15) is 0 Å². The molecule has 9 heteroatoms. The van der Waals surface area contributed by atoms with Crippen molar-refractivity contribution in [2.24, 2.45) is 0 Å². The van der Waals surface area contributed by atoms with Crippen molar-refractivity contribution in [2.45, 2.75) is 0 Å². The second-order valence-electron chi connectivity index (χ2n) is 6.88. The first-order valence-electron chi connectivity index (χ1n) is 9.43. The molecule has 0 aliphatic carbocycles. The molecule has 4 rings (SSSR count). The Kier molecular flexibility index (Phi) is 5.34. The van der Waals surface area contributed by atoms with Crippen LogP contribution < -0.4 is 15.3 Å². The number of hydrogen-bond acceptors (Lipinski definition) is 7. The smallest absolute Gasteiger partial charge is 0.336 e. The summed E-state index contributed by atoms with van der Waals surface area (Å²) in [7, 11) is 0. The zero-order valence-corrected chi connectivity index (χ0v) is 16.0. The maximum Gasteiger partial charge on any atom is 0.336 e. The monoisotopic (exact) mass is 409 g/mol. The summed E-state index contributed by atoms with van der Waals surface area (Å²) in [6, 6.07) is 14.5. The predicted octanol–water partition coefficient (Wildman–Crippen LogP) is 2.43. The van der Waals surface area contributed by atoms with Crippen molar-refractivity contribution in [2.75, 3.05) is 37.7 Å². The molecular formula is C21H19N3O6. The summed E-state index contributed by atoms with van der Waals surface area (Å²) in [5, 5.41) is 11.5. The van der Waals surface area contributed by atoms with Crippen molar-refractivity contribution in [3.05, 3.63) is 75.1 Å². The fourth-order valence-corrected chi connectivity index (χ4v) is 3.37. The molecule has 0 saturated carbocycles. The Labute approximate surface area is 171 Å². The largest absolute Gasteiger partial charge is 0.484 e. The van der Waals surface area contributed by atoms with Gasteiger partial charge in [-0.05, 0) is 30.3 Å². The third-order valence-electron chi connectivity index (χ3n) is 5.01. The van der Waals surface area contributed by atoms with Crippen LogP contribution in [0.2, 0.25) is 0 Å². The number of carbonyl (C=O) groups excluding carboxylic acids is 1. The molecule has 154 valence electrons. The van der Waals surface area contributed by atoms with Crippen LogP contribution in [-0.4, -0.2) is 48.5 Å². The number of anilines is 1. The van der Waals surface area contributed by atoms with Gasteiger partial charge in [0.15, 0.2) is 6.61 Å². The highest BCUT2D eigenvalue weighted by Crippen LogP contribution is 2.21. The highest BCUT2D eigenvalue weighted by atomic mass is 16.6. The fraction of sp³-hybridized carbons (Fsp3) is 0.238. The van der Waals surface area contributed by atoms with E-state index in [4.69, 9.17) is 9.15 Å². The number of non-ortho nitro benzene ring substituents is 1. The number of amides is 1. The van der Waals surface area contributed by atoms with Crippen LogP contribution in [0.3, 0.4) is 0 Å². The summed E-state index contributed by atoms with van der Waals surface area (Å²) < 4.78 is 10.7. The van der Waals surface area contributed by atoms with Gasteiger partial charge in [0.1, 0.15) is 11.3 Å². The number of benzene rings is 2. The number of piperazine rings is 1. The number of hydrogen-bond donors (Lipinski definition) is 0. The number of ether oxygens (including phenoxy) is 1. The number of fused-ring (bicyclic) bond motifs is 1. The van der Waals surface area contributed by atoms with Crippen LogP contribution in [0.25, 0.3) is 11.0 Å². The summed E-state index contributed by atoms with van der Waals surface area (Å²) in [4.78, 5) is 38.0. The van der Waals surface area contributed by atoms with Crippen LogP contribution in [0.1, 0.15) is 0 Å². The molecule has 1 fully saturated rings. The van der Waals surface area contributed by atoms with Crippen LogP contribution in [-0.2, 0) is 4.79 Å². The Morgan fingerprint density at radius 2 is 1.73 bits per heavy atom. The van der Waals surface area contributed by atoms with E-state index in [0.29, 0.717) is 37.5 Å². The van der Waals surface area contributed by atoms with Gasteiger partial charge >= 0.3 is 5.63 Å². The summed E-state index contributed by atoms with van der Waals surface area (Å²) in [5.41, 5.74) is 0.907. The summed E-state index contributed by atoms with van der Waals surface area (Å²) in [6.07, 6.45) is 0. The second kappa shape index (κ2) is 8.24. The molecule has 1 saturated heterocycles. The van der Waals surface area contributed by atoms with Crippen LogP contribution in [0, 0.1) is 10.1 Å². The normalized spacial score (nSPS) is 14.0. The molecule has 2 heterocycles. The van der Waals surface area contributed by atoms with Gasteiger partial charge in [-0.25, -0.2) is 4.79 Å². The number of nitro groups is 1. The van der Waals surface area contributed by atoms with Gasteiger partial charge in [0, 0.05) is 61.5 Å². The van der Waals surface area contributed by atoms with E-state index in [2.05, 4.69) is 4.90 Å². The number of nitrogens with zero attached hydrogens (tertiary/aromatic N) is 3. The Morgan fingerprint density at radius 3 is 2.43 bits per heavy atom. The molecule has 1 amide bonds. The average molecular weight is 409 g/mol. The highest BCUT2D eigenvalue weighted by Gasteiger charge is 2.22. The van der Waals surface area contributed by atoms with Gasteiger partial charge in [-0.3, -0.25) is 14.9 Å². The van der Waals surface area contributed by atoms with Crippen molar-refractivity contribution in [3.63, 3.8) is 0 Å². The molecule has 1 aromatic heterocycles. The first kappa shape index (κ1) is 19.4. The van der Waals surface area contributed by atoms with Crippen molar-refractivity contribution < 1.29 is 18.9 Å². The van der Waals surface area contributed by atoms with Gasteiger partial charge < -0.3 is 19.0 Å². The third kappa shape index (κ3) is 4.24. The first-order valence-corrected chi connectivity index (χ1v) is 9.43. The maximum absolute atomic E-state index is 12.5. The van der Waals surface area contributed by atoms with Gasteiger partial charge in [0.25, 0.3) is 11.6 Å². The lowest BCUT2D eigenvalue weighted by molar-refractivity contribution is -0.384. The highest BCUT2D eigenvalue weighted by molar-refractivity contribution is 5.79. The zero-order valence-electron chi connectivity index (χ0n) is 16.0. The summed E-state index contributed by atoms with van der Waals surface area (Å²) in [5.74, 6) is 0.322. The van der Waals surface area contributed by atoms with Gasteiger partial charge in [-0.15, -0.1) is 0 Å². The number of rotatable bonds is 5. The molecule has 1 aliphatic heterocycles. The minimum Gasteiger partial charge on any atom is -0.484 e. The van der Waals surface area contributed by atoms with Gasteiger partial charge in [0.2, 0.25) is 0 Å². The molecule has 0 bridgehead atoms. The SMILES string of the molecule is O=C(COc1ccc2ccc(=O)oc2c1)N1CCN(c2ccc([N+](=O)[O-])cc2)CC1. The molecule has 1 aliphatic rings. The lowest BCUT2D eigenvalue weighted by Crippen LogP contribution is -2.50. The lowest BCUT2D eigenvalue weighted by Gasteiger charge is -2.36. The zero-order chi connectivity index (χ0) is 21.1. The predicted molar refractivity (Wildman–Crippen MR) is 110 cm³/mol. The number of carbonyl (C=O) groups is 1. The number of nitro benzene ring substituents is 1. The minimum atomic E-state index is -0.443. The summed E-state index contributed by atoms with van der Waals surface area (Å²) >= 11 is 0. The van der Waals surface area contributed by atoms with E-state index in [0.717, 1.165) is 11.1 Å². The van der Waals surface area contributed by atoms with E-state index in [1.54, 1.807) is 41.3 Å². The van der Waals surface area contributed by atoms with E-state index < -0.39 is 10.5 Å². The molecule has 0 N–H and O–H groups in total. The lowest BCUT2D eigenvalue weighted by atomic mass is 10.2. The Morgan fingerprint density at radius 1 is 1.03 bits per heavy atom. The van der Waals surface area contributed by atoms with Gasteiger partial charge in [-0.1, -0.05) is 0 Å². The van der Waals surface area contributed by atoms with Crippen molar-refractivity contribution >= 4 is 28.3 Å². The molecule has 0 radical (unpaired) electrons. The average Bonchev–Trinajstić information content (AvgIpc) is 2.77. The van der Waals surface area contributed by atoms with Crippen LogP contribution in [0.15, 0.2) is 63.8 Å². The van der Waals surface area contributed by atoms with Crippen molar-refractivity contribution in [1.29, 1.82) is 0 Å². The Bertz CT molecular complexity index is 1130. The molecular weight excluding hydrogens is 390 g/mol. The van der Waals surface area contributed by atoms with E-state index in [1.165, 1.54) is 18.2 Å². The molecule has 0 spiro atoms. The quantitative estimate of drug-likeness (QED) is 0.362. The third-order valence-corrected chi connectivity index (χ3v) is 5.01. The molecule has 30 heavy (non-hydrogen) atoms. The second-order valence-corrected chi connectivity index (χ2v) is 6.88. The van der Waals surface area contributed by atoms with Crippen molar-refractivity contribution in [3.8, 4) is 5.75 Å². The minimum absolute atomic E-state index is 0.0534. The standard InChI is InChI=1S/C21H19N3O6/c25-20(14-29-18-7-1-15-2-8-21(26)30-19(15)13-18)23-11-9-22(10-12-23)16-3-5-17(6-4-16)24(27)28/h1-8,13H,9-12,14H2. The molecule has 3 aromatic rings. The van der Waals surface area contributed by atoms with Crippen molar-refractivity contribution in [1.82, 2.24) is 4.90 Å². The topological polar surface area (TPSA) is 106 Å². The summed E-state index contributed by atoms with van der Waals surface area (Å²) in [6.45, 7) is 2.22. The van der Waals surface area contributed by atoms with Crippen LogP contribution >= 0.6 is 0 Å². The molecule has 2 aromatic carbocycles. The van der Waals surface area contributed by atoms with E-state index in [-0.39, 0.29) is 18.2 Å². The Hall–Kier alpha value is -3.88.